The molecule has 0 bridgehead atoms. The van der Waals surface area contributed by atoms with Crippen molar-refractivity contribution < 1.29 is 19.1 Å². The molecule has 0 spiro atoms. The van der Waals surface area contributed by atoms with E-state index >= 15 is 0 Å². The molecule has 0 radical (unpaired) electrons. The molecule has 0 aliphatic carbocycles. The minimum absolute atomic E-state index is 0.0600. The number of ether oxygens (including phenoxy) is 2. The Hall–Kier alpha value is -1.65. The molecular weight excluding hydrogens is 278 g/mol. The zero-order valence-corrected chi connectivity index (χ0v) is 9.61. The van der Waals surface area contributed by atoms with Crippen molar-refractivity contribution in [1.29, 1.82) is 0 Å². The van der Waals surface area contributed by atoms with Crippen LogP contribution < -0.4 is 9.47 Å². The highest BCUT2D eigenvalue weighted by atomic mass is 79.9. The first kappa shape index (κ1) is 10.9. The number of carbonyl (C=O) groups excluding carboxylic acids is 2. The van der Waals surface area contributed by atoms with E-state index in [-0.39, 0.29) is 13.3 Å². The monoisotopic (exact) mass is 283 g/mol. The normalized spacial score (nSPS) is 12.1. The van der Waals surface area contributed by atoms with E-state index < -0.39 is 0 Å². The maximum Gasteiger partial charge on any atom is 0.235 e. The van der Waals surface area contributed by atoms with Gasteiger partial charge < -0.3 is 9.47 Å². The average Bonchev–Trinajstić information content (AvgIpc) is 2.75. The summed E-state index contributed by atoms with van der Waals surface area (Å²) in [6.07, 6.45) is 2.13. The van der Waals surface area contributed by atoms with Crippen LogP contribution in [-0.2, 0) is 11.3 Å². The third kappa shape index (κ3) is 1.73. The number of hydrogen-bond acceptors (Lipinski definition) is 5. The van der Waals surface area contributed by atoms with Crippen LogP contribution in [-0.4, -0.2) is 19.2 Å². The fraction of sp³-hybridized carbons (Fsp3) is 0.200. The second kappa shape index (κ2) is 4.47. The highest BCUT2D eigenvalue weighted by Crippen LogP contribution is 2.42. The van der Waals surface area contributed by atoms with Gasteiger partial charge in [-0.15, -0.1) is 0 Å². The van der Waals surface area contributed by atoms with Gasteiger partial charge in [0, 0.05) is 10.0 Å². The van der Waals surface area contributed by atoms with Gasteiger partial charge >= 0.3 is 0 Å². The number of rotatable bonds is 3. The van der Waals surface area contributed by atoms with Crippen LogP contribution in [0.2, 0.25) is 0 Å². The SMILES string of the molecule is O=C=NCc1cc(Br)c(C=O)c2c1OCO2. The van der Waals surface area contributed by atoms with Crippen LogP contribution in [0.25, 0.3) is 0 Å². The standard InChI is InChI=1S/C10H6BrNO4/c11-8-1-6(2-12-4-14)9-10(7(8)3-13)16-5-15-9/h1,3H,2,5H2. The van der Waals surface area contributed by atoms with E-state index in [9.17, 15) is 9.59 Å². The Morgan fingerprint density at radius 3 is 2.94 bits per heavy atom. The van der Waals surface area contributed by atoms with Crippen molar-refractivity contribution in [1.82, 2.24) is 0 Å². The lowest BCUT2D eigenvalue weighted by molar-refractivity contribution is 0.111. The molecule has 5 nitrogen and oxygen atoms in total. The van der Waals surface area contributed by atoms with E-state index in [0.29, 0.717) is 33.4 Å². The Morgan fingerprint density at radius 2 is 2.25 bits per heavy atom. The van der Waals surface area contributed by atoms with E-state index in [0.717, 1.165) is 0 Å². The van der Waals surface area contributed by atoms with Crippen molar-refractivity contribution in [3.63, 3.8) is 0 Å². The number of aliphatic imine (C=N–C) groups is 1. The Morgan fingerprint density at radius 1 is 1.50 bits per heavy atom. The van der Waals surface area contributed by atoms with Crippen molar-refractivity contribution in [2.75, 3.05) is 6.79 Å². The second-order valence-electron chi connectivity index (χ2n) is 3.02. The lowest BCUT2D eigenvalue weighted by Gasteiger charge is -2.06. The van der Waals surface area contributed by atoms with Crippen LogP contribution in [0.4, 0.5) is 0 Å². The minimum Gasteiger partial charge on any atom is -0.453 e. The van der Waals surface area contributed by atoms with Crippen molar-refractivity contribution >= 4 is 28.3 Å². The number of halogens is 1. The Bertz CT molecular complexity index is 494. The molecule has 0 unspecified atom stereocenters. The molecule has 82 valence electrons. The third-order valence-corrected chi connectivity index (χ3v) is 2.80. The van der Waals surface area contributed by atoms with E-state index in [1.54, 1.807) is 6.07 Å². The van der Waals surface area contributed by atoms with Gasteiger partial charge in [-0.2, -0.15) is 0 Å². The number of isocyanates is 1. The van der Waals surface area contributed by atoms with E-state index in [4.69, 9.17) is 9.47 Å². The summed E-state index contributed by atoms with van der Waals surface area (Å²) < 4.78 is 11.0. The first-order chi connectivity index (χ1) is 7.77. The fourth-order valence-electron chi connectivity index (χ4n) is 1.47. The summed E-state index contributed by atoms with van der Waals surface area (Å²) in [4.78, 5) is 24.4. The molecule has 1 aromatic carbocycles. The molecule has 0 amide bonds. The average molecular weight is 284 g/mol. The van der Waals surface area contributed by atoms with Crippen LogP contribution in [0.15, 0.2) is 15.5 Å². The van der Waals surface area contributed by atoms with Gasteiger partial charge in [0.05, 0.1) is 12.1 Å². The smallest absolute Gasteiger partial charge is 0.235 e. The summed E-state index contributed by atoms with van der Waals surface area (Å²) in [5.74, 6) is 0.852. The second-order valence-corrected chi connectivity index (χ2v) is 3.88. The van der Waals surface area contributed by atoms with Crippen LogP contribution in [0, 0.1) is 0 Å². The Kier molecular flexibility index (Phi) is 3.03. The van der Waals surface area contributed by atoms with Gasteiger partial charge in [0.15, 0.2) is 17.8 Å². The highest BCUT2D eigenvalue weighted by Gasteiger charge is 2.24. The molecule has 2 rings (SSSR count). The van der Waals surface area contributed by atoms with Gasteiger partial charge in [-0.3, -0.25) is 4.79 Å². The number of carbonyl (C=O) groups is 1. The summed E-state index contributed by atoms with van der Waals surface area (Å²) >= 11 is 3.25. The number of nitrogens with zero attached hydrogens (tertiary/aromatic N) is 1. The summed E-state index contributed by atoms with van der Waals surface area (Å²) in [6.45, 7) is 0.206. The summed E-state index contributed by atoms with van der Waals surface area (Å²) in [7, 11) is 0. The molecular formula is C10H6BrNO4. The Balaban J connectivity index is 2.56. The zero-order chi connectivity index (χ0) is 11.5. The van der Waals surface area contributed by atoms with Crippen molar-refractivity contribution in [3.8, 4) is 11.5 Å². The summed E-state index contributed by atoms with van der Waals surface area (Å²) in [5, 5.41) is 0. The molecule has 1 aromatic rings. The third-order valence-electron chi connectivity index (χ3n) is 2.14. The van der Waals surface area contributed by atoms with Crippen molar-refractivity contribution in [2.45, 2.75) is 6.54 Å². The predicted octanol–water partition coefficient (Wildman–Crippen LogP) is 1.83. The molecule has 0 fully saturated rings. The van der Waals surface area contributed by atoms with Gasteiger partial charge in [0.25, 0.3) is 0 Å². The first-order valence-corrected chi connectivity index (χ1v) is 5.17. The number of fused-ring (bicyclic) bond motifs is 1. The molecule has 1 heterocycles. The van der Waals surface area contributed by atoms with E-state index in [2.05, 4.69) is 20.9 Å². The molecule has 0 atom stereocenters. The van der Waals surface area contributed by atoms with Crippen molar-refractivity contribution in [3.05, 3.63) is 21.7 Å². The maximum absolute atomic E-state index is 10.9. The largest absolute Gasteiger partial charge is 0.453 e. The van der Waals surface area contributed by atoms with Crippen LogP contribution in [0.5, 0.6) is 11.5 Å². The molecule has 1 aliphatic rings. The van der Waals surface area contributed by atoms with Gasteiger partial charge in [-0.25, -0.2) is 9.79 Å². The molecule has 1 aliphatic heterocycles. The molecule has 0 aromatic heterocycles. The summed E-state index contributed by atoms with van der Waals surface area (Å²) in [6, 6.07) is 1.68. The fourth-order valence-corrected chi connectivity index (χ4v) is 2.02. The van der Waals surface area contributed by atoms with Gasteiger partial charge in [0.1, 0.15) is 0 Å². The van der Waals surface area contributed by atoms with Crippen molar-refractivity contribution in [2.24, 2.45) is 4.99 Å². The molecule has 0 saturated heterocycles. The first-order valence-electron chi connectivity index (χ1n) is 4.37. The van der Waals surface area contributed by atoms with E-state index in [1.165, 1.54) is 6.08 Å². The number of aldehydes is 1. The summed E-state index contributed by atoms with van der Waals surface area (Å²) in [5.41, 5.74) is 1.07. The van der Waals surface area contributed by atoms with Crippen LogP contribution >= 0.6 is 15.9 Å². The molecule has 0 saturated carbocycles. The Labute approximate surface area is 99.2 Å². The topological polar surface area (TPSA) is 65.0 Å². The maximum atomic E-state index is 10.9. The molecule has 16 heavy (non-hydrogen) atoms. The lowest BCUT2D eigenvalue weighted by atomic mass is 10.1. The quantitative estimate of drug-likeness (QED) is 0.482. The van der Waals surface area contributed by atoms with Crippen LogP contribution in [0.1, 0.15) is 15.9 Å². The van der Waals surface area contributed by atoms with Gasteiger partial charge in [0.2, 0.25) is 12.9 Å². The number of benzene rings is 1. The lowest BCUT2D eigenvalue weighted by Crippen LogP contribution is -1.94. The molecule has 0 N–H and O–H groups in total. The zero-order valence-electron chi connectivity index (χ0n) is 8.03. The number of hydrogen-bond donors (Lipinski definition) is 0. The van der Waals surface area contributed by atoms with E-state index in [1.807, 2.05) is 0 Å². The molecule has 6 heteroatoms. The highest BCUT2D eigenvalue weighted by molar-refractivity contribution is 9.10. The van der Waals surface area contributed by atoms with Gasteiger partial charge in [-0.05, 0) is 22.0 Å². The predicted molar refractivity (Wildman–Crippen MR) is 57.5 cm³/mol. The van der Waals surface area contributed by atoms with Crippen LogP contribution in [0.3, 0.4) is 0 Å². The van der Waals surface area contributed by atoms with Gasteiger partial charge in [-0.1, -0.05) is 0 Å². The minimum atomic E-state index is 0.0600.